The minimum atomic E-state index is -4.02. The first-order valence-corrected chi connectivity index (χ1v) is 12.3. The molecule has 2 bridgehead atoms. The number of benzene rings is 2. The fourth-order valence-corrected chi connectivity index (χ4v) is 4.65. The van der Waals surface area contributed by atoms with Gasteiger partial charge in [-0.1, -0.05) is 35.9 Å². The Morgan fingerprint density at radius 3 is 2.33 bits per heavy atom. The van der Waals surface area contributed by atoms with Gasteiger partial charge in [0.05, 0.1) is 4.90 Å². The van der Waals surface area contributed by atoms with Crippen molar-refractivity contribution in [3.63, 3.8) is 0 Å². The van der Waals surface area contributed by atoms with Gasteiger partial charge in [0.25, 0.3) is 16.0 Å². The van der Waals surface area contributed by atoms with Crippen molar-refractivity contribution in [3.8, 4) is 11.5 Å². The second-order valence-electron chi connectivity index (χ2n) is 8.41. The average molecular weight is 470 g/mol. The van der Waals surface area contributed by atoms with E-state index in [-0.39, 0.29) is 16.8 Å². The maximum absolute atomic E-state index is 12.4. The van der Waals surface area contributed by atoms with Crippen molar-refractivity contribution >= 4 is 16.0 Å². The predicted octanol–water partition coefficient (Wildman–Crippen LogP) is 3.41. The average Bonchev–Trinajstić information content (AvgIpc) is 3.31. The van der Waals surface area contributed by atoms with Crippen LogP contribution in [0.15, 0.2) is 70.2 Å². The summed E-state index contributed by atoms with van der Waals surface area (Å²) in [7, 11) is -4.02. The molecule has 1 atom stereocenters. The number of oxazole rings is 1. The van der Waals surface area contributed by atoms with E-state index in [2.05, 4.69) is 15.2 Å². The van der Waals surface area contributed by atoms with Crippen molar-refractivity contribution in [2.24, 2.45) is 5.92 Å². The van der Waals surface area contributed by atoms with E-state index >= 15 is 0 Å². The summed E-state index contributed by atoms with van der Waals surface area (Å²) in [5, 5.41) is 3.13. The second-order valence-corrected chi connectivity index (χ2v) is 9.83. The molecule has 9 heteroatoms. The third-order valence-electron chi connectivity index (χ3n) is 6.05. The Kier molecular flexibility index (Phi) is 6.92. The maximum atomic E-state index is 12.4. The molecule has 1 amide bonds. The van der Waals surface area contributed by atoms with Gasteiger partial charge in [0.1, 0.15) is 6.26 Å². The Morgan fingerprint density at radius 2 is 1.76 bits per heavy atom. The SMILES string of the molecule is Cc1ccc(S(=O)(=O)O)cc1.O=C(N[C@H]1CN2CCC1CC2)c1coc(-c2ccccc2)n1. The fraction of sp³-hybridized carbons (Fsp3) is 0.333. The third kappa shape index (κ3) is 5.87. The molecule has 0 unspecified atom stereocenters. The normalized spacial score (nSPS) is 21.7. The fourth-order valence-electron chi connectivity index (χ4n) is 4.17. The lowest BCUT2D eigenvalue weighted by atomic mass is 9.84. The smallest absolute Gasteiger partial charge is 0.294 e. The topological polar surface area (TPSA) is 113 Å². The molecule has 6 rings (SSSR count). The number of fused-ring (bicyclic) bond motifs is 3. The van der Waals surface area contributed by atoms with Crippen LogP contribution in [0, 0.1) is 12.8 Å². The molecule has 3 aromatic rings. The Hall–Kier alpha value is -3.01. The summed E-state index contributed by atoms with van der Waals surface area (Å²) in [6.07, 6.45) is 3.80. The van der Waals surface area contributed by atoms with Crippen molar-refractivity contribution in [1.29, 1.82) is 0 Å². The Balaban J connectivity index is 0.000000200. The summed E-state index contributed by atoms with van der Waals surface area (Å²) in [5.74, 6) is 0.957. The molecule has 0 saturated carbocycles. The summed E-state index contributed by atoms with van der Waals surface area (Å²) < 4.78 is 35.0. The molecule has 4 heterocycles. The largest absolute Gasteiger partial charge is 0.444 e. The lowest BCUT2D eigenvalue weighted by molar-refractivity contribution is 0.0618. The van der Waals surface area contributed by atoms with E-state index in [9.17, 15) is 13.2 Å². The number of piperidine rings is 3. The van der Waals surface area contributed by atoms with Crippen molar-refractivity contribution in [2.75, 3.05) is 19.6 Å². The van der Waals surface area contributed by atoms with Crippen LogP contribution in [0.5, 0.6) is 0 Å². The molecule has 1 aromatic heterocycles. The second kappa shape index (κ2) is 9.86. The van der Waals surface area contributed by atoms with Crippen molar-refractivity contribution in [3.05, 3.63) is 72.1 Å². The first kappa shape index (κ1) is 23.2. The standard InChI is InChI=1S/C17H19N3O2.C7H8O3S/c21-16(18-14-10-20-8-6-12(14)7-9-20)15-11-22-17(19-15)13-4-2-1-3-5-13;1-6-2-4-7(5-3-6)11(8,9)10/h1-5,11-12,14H,6-10H2,(H,18,21);2-5H,1H3,(H,8,9,10)/t14-;/m0./s1. The quantitative estimate of drug-likeness (QED) is 0.563. The number of hydrogen-bond acceptors (Lipinski definition) is 6. The molecule has 3 saturated heterocycles. The number of nitrogens with one attached hydrogen (secondary N) is 1. The molecule has 174 valence electrons. The molecule has 8 nitrogen and oxygen atoms in total. The molecular formula is C24H27N3O5S. The summed E-state index contributed by atoms with van der Waals surface area (Å²) in [4.78, 5) is 19.1. The van der Waals surface area contributed by atoms with Gasteiger partial charge in [-0.2, -0.15) is 8.42 Å². The molecule has 3 aliphatic rings. The number of aromatic nitrogens is 1. The summed E-state index contributed by atoms with van der Waals surface area (Å²) in [5.41, 5.74) is 2.19. The van der Waals surface area contributed by atoms with E-state index < -0.39 is 10.1 Å². The highest BCUT2D eigenvalue weighted by Crippen LogP contribution is 2.27. The molecule has 0 spiro atoms. The highest BCUT2D eigenvalue weighted by molar-refractivity contribution is 7.85. The van der Waals surface area contributed by atoms with Crippen molar-refractivity contribution in [1.82, 2.24) is 15.2 Å². The highest BCUT2D eigenvalue weighted by atomic mass is 32.2. The van der Waals surface area contributed by atoms with E-state index in [1.807, 2.05) is 37.3 Å². The van der Waals surface area contributed by atoms with Gasteiger partial charge in [-0.25, -0.2) is 4.98 Å². The molecule has 0 aliphatic carbocycles. The van der Waals surface area contributed by atoms with E-state index in [1.165, 1.54) is 44.3 Å². The number of hydrogen-bond donors (Lipinski definition) is 2. The summed E-state index contributed by atoms with van der Waals surface area (Å²) >= 11 is 0. The molecule has 2 N–H and O–H groups in total. The van der Waals surface area contributed by atoms with Crippen molar-refractivity contribution < 1.29 is 22.2 Å². The minimum Gasteiger partial charge on any atom is -0.444 e. The first-order chi connectivity index (χ1) is 15.8. The number of carbonyl (C=O) groups excluding carboxylic acids is 1. The van der Waals surface area contributed by atoms with Crippen LogP contribution in [0.1, 0.15) is 28.9 Å². The monoisotopic (exact) mass is 469 g/mol. The van der Waals surface area contributed by atoms with Gasteiger partial charge in [0.2, 0.25) is 5.89 Å². The van der Waals surface area contributed by atoms with Gasteiger partial charge in [-0.15, -0.1) is 0 Å². The van der Waals surface area contributed by atoms with Gasteiger partial charge in [-0.3, -0.25) is 9.35 Å². The number of carbonyl (C=O) groups is 1. The number of amides is 1. The molecule has 2 aromatic carbocycles. The van der Waals surface area contributed by atoms with E-state index in [0.29, 0.717) is 17.5 Å². The summed E-state index contributed by atoms with van der Waals surface area (Å²) in [6.45, 7) is 5.13. The number of aryl methyl sites for hydroxylation is 1. The van der Waals surface area contributed by atoms with Crippen LogP contribution in [-0.2, 0) is 10.1 Å². The lowest BCUT2D eigenvalue weighted by Crippen LogP contribution is -2.57. The first-order valence-electron chi connectivity index (χ1n) is 10.9. The van der Waals surface area contributed by atoms with Crippen LogP contribution in [0.4, 0.5) is 0 Å². The lowest BCUT2D eigenvalue weighted by Gasteiger charge is -2.44. The Bertz CT molecular complexity index is 1180. The molecule has 3 fully saturated rings. The van der Waals surface area contributed by atoms with E-state index in [0.717, 1.165) is 17.7 Å². The zero-order chi connectivity index (χ0) is 23.4. The van der Waals surface area contributed by atoms with E-state index in [1.54, 1.807) is 12.1 Å². The zero-order valence-corrected chi connectivity index (χ0v) is 19.2. The van der Waals surface area contributed by atoms with Gasteiger partial charge < -0.3 is 14.6 Å². The Morgan fingerprint density at radius 1 is 1.09 bits per heavy atom. The summed E-state index contributed by atoms with van der Waals surface area (Å²) in [6, 6.07) is 15.8. The van der Waals surface area contributed by atoms with E-state index in [4.69, 9.17) is 8.97 Å². The van der Waals surface area contributed by atoms with Gasteiger partial charge in [0.15, 0.2) is 5.69 Å². The molecule has 3 aliphatic heterocycles. The zero-order valence-electron chi connectivity index (χ0n) is 18.3. The van der Waals surface area contributed by atoms with Crippen LogP contribution in [0.25, 0.3) is 11.5 Å². The van der Waals surface area contributed by atoms with Crippen LogP contribution >= 0.6 is 0 Å². The maximum Gasteiger partial charge on any atom is 0.294 e. The molecular weight excluding hydrogens is 442 g/mol. The van der Waals surface area contributed by atoms with Crippen LogP contribution < -0.4 is 5.32 Å². The van der Waals surface area contributed by atoms with Gasteiger partial charge in [0, 0.05) is 18.2 Å². The highest BCUT2D eigenvalue weighted by Gasteiger charge is 2.35. The molecule has 33 heavy (non-hydrogen) atoms. The molecule has 0 radical (unpaired) electrons. The van der Waals surface area contributed by atoms with Crippen LogP contribution in [0.3, 0.4) is 0 Å². The predicted molar refractivity (Wildman–Crippen MR) is 123 cm³/mol. The van der Waals surface area contributed by atoms with Crippen molar-refractivity contribution in [2.45, 2.75) is 30.7 Å². The van der Waals surface area contributed by atoms with Crippen LogP contribution in [0.2, 0.25) is 0 Å². The van der Waals surface area contributed by atoms with Crippen LogP contribution in [-0.4, -0.2) is 54.4 Å². The minimum absolute atomic E-state index is 0.0666. The van der Waals surface area contributed by atoms with Gasteiger partial charge >= 0.3 is 0 Å². The Labute approximate surface area is 193 Å². The number of rotatable bonds is 4. The number of nitrogens with zero attached hydrogens (tertiary/aromatic N) is 2. The third-order valence-corrected chi connectivity index (χ3v) is 6.92. The van der Waals surface area contributed by atoms with Gasteiger partial charge in [-0.05, 0) is 63.0 Å².